The van der Waals surface area contributed by atoms with Gasteiger partial charge in [0.2, 0.25) is 10.0 Å². The van der Waals surface area contributed by atoms with Crippen molar-refractivity contribution >= 4 is 32.7 Å². The van der Waals surface area contributed by atoms with E-state index in [9.17, 15) is 8.42 Å². The van der Waals surface area contributed by atoms with Gasteiger partial charge in [0.25, 0.3) is 0 Å². The number of hydrogen-bond donors (Lipinski definition) is 3. The number of thiophene rings is 1. The molecule has 0 amide bonds. The second kappa shape index (κ2) is 5.82. The number of anilines is 2. The minimum atomic E-state index is -3.54. The molecular formula is C13H17N3O2S2. The molecule has 0 radical (unpaired) electrons. The first-order valence-corrected chi connectivity index (χ1v) is 8.45. The molecule has 2 rings (SSSR count). The Morgan fingerprint density at radius 2 is 2.05 bits per heavy atom. The Bertz CT molecular complexity index is 708. The molecule has 0 saturated heterocycles. The van der Waals surface area contributed by atoms with E-state index in [1.165, 1.54) is 18.7 Å². The lowest BCUT2D eigenvalue weighted by Gasteiger charge is -2.13. The fourth-order valence-corrected chi connectivity index (χ4v) is 3.57. The Balaban J connectivity index is 2.30. The maximum atomic E-state index is 12.0. The van der Waals surface area contributed by atoms with Crippen molar-refractivity contribution in [1.29, 1.82) is 0 Å². The van der Waals surface area contributed by atoms with Crippen molar-refractivity contribution in [1.82, 2.24) is 4.72 Å². The highest BCUT2D eigenvalue weighted by Crippen LogP contribution is 2.25. The van der Waals surface area contributed by atoms with Crippen LogP contribution in [-0.4, -0.2) is 15.5 Å². The first-order valence-electron chi connectivity index (χ1n) is 6.02. The number of rotatable bonds is 5. The van der Waals surface area contributed by atoms with Crippen LogP contribution in [0.1, 0.15) is 11.1 Å². The summed E-state index contributed by atoms with van der Waals surface area (Å²) in [6, 6.07) is 4.81. The molecule has 0 aliphatic rings. The standard InChI is InChI=1S/C13H17N3O2S2/c1-9-7-19-8-10(9)6-16-12-4-3-11(14)5-13(12)20(17,18)15-2/h3-5,7-8,15-16H,6,14H2,1-2H3. The smallest absolute Gasteiger partial charge is 0.242 e. The van der Waals surface area contributed by atoms with Crippen LogP contribution in [0.2, 0.25) is 0 Å². The second-order valence-corrected chi connectivity index (χ2v) is 7.00. The Hall–Kier alpha value is -1.57. The highest BCUT2D eigenvalue weighted by Gasteiger charge is 2.17. The van der Waals surface area contributed by atoms with Crippen molar-refractivity contribution in [2.75, 3.05) is 18.1 Å². The van der Waals surface area contributed by atoms with E-state index in [-0.39, 0.29) is 4.90 Å². The van der Waals surface area contributed by atoms with Gasteiger partial charge in [0.1, 0.15) is 4.90 Å². The first kappa shape index (κ1) is 14.8. The zero-order valence-corrected chi connectivity index (χ0v) is 12.9. The summed E-state index contributed by atoms with van der Waals surface area (Å²) >= 11 is 1.63. The van der Waals surface area contributed by atoms with Crippen LogP contribution in [0.15, 0.2) is 33.9 Å². The quantitative estimate of drug-likeness (QED) is 0.739. The zero-order chi connectivity index (χ0) is 14.8. The van der Waals surface area contributed by atoms with Gasteiger partial charge in [-0.25, -0.2) is 13.1 Å². The Morgan fingerprint density at radius 1 is 1.30 bits per heavy atom. The van der Waals surface area contributed by atoms with Crippen LogP contribution in [0.3, 0.4) is 0 Å². The maximum Gasteiger partial charge on any atom is 0.242 e. The summed E-state index contributed by atoms with van der Waals surface area (Å²) in [6.45, 7) is 2.60. The molecular weight excluding hydrogens is 294 g/mol. The third-order valence-corrected chi connectivity index (χ3v) is 5.36. The second-order valence-electron chi connectivity index (χ2n) is 4.40. The van der Waals surface area contributed by atoms with Crippen molar-refractivity contribution in [3.8, 4) is 0 Å². The molecule has 0 spiro atoms. The van der Waals surface area contributed by atoms with Crippen LogP contribution >= 0.6 is 11.3 Å². The Kier molecular flexibility index (Phi) is 4.32. The topological polar surface area (TPSA) is 84.2 Å². The molecule has 20 heavy (non-hydrogen) atoms. The molecule has 0 saturated carbocycles. The van der Waals surface area contributed by atoms with Crippen LogP contribution in [-0.2, 0) is 16.6 Å². The van der Waals surface area contributed by atoms with Crippen LogP contribution in [0.4, 0.5) is 11.4 Å². The number of hydrogen-bond acceptors (Lipinski definition) is 5. The summed E-state index contributed by atoms with van der Waals surface area (Å²) < 4.78 is 26.3. The highest BCUT2D eigenvalue weighted by atomic mass is 32.2. The molecule has 1 aromatic heterocycles. The third kappa shape index (κ3) is 3.12. The van der Waals surface area contributed by atoms with E-state index in [1.54, 1.807) is 23.5 Å². The third-order valence-electron chi connectivity index (χ3n) is 2.99. The van der Waals surface area contributed by atoms with Gasteiger partial charge < -0.3 is 11.1 Å². The molecule has 0 fully saturated rings. The predicted octanol–water partition coefficient (Wildman–Crippen LogP) is 2.16. The SMILES string of the molecule is CNS(=O)(=O)c1cc(N)ccc1NCc1cscc1C. The lowest BCUT2D eigenvalue weighted by molar-refractivity contribution is 0.588. The van der Waals surface area contributed by atoms with Crippen molar-refractivity contribution in [3.63, 3.8) is 0 Å². The van der Waals surface area contributed by atoms with E-state index in [4.69, 9.17) is 5.73 Å². The van der Waals surface area contributed by atoms with Crippen molar-refractivity contribution in [2.24, 2.45) is 0 Å². The van der Waals surface area contributed by atoms with E-state index in [0.717, 1.165) is 5.56 Å². The molecule has 1 heterocycles. The minimum absolute atomic E-state index is 0.160. The monoisotopic (exact) mass is 311 g/mol. The van der Waals surface area contributed by atoms with Gasteiger partial charge in [0.15, 0.2) is 0 Å². The Labute approximate surface area is 122 Å². The van der Waals surface area contributed by atoms with Gasteiger partial charge >= 0.3 is 0 Å². The number of nitrogen functional groups attached to an aromatic ring is 1. The largest absolute Gasteiger partial charge is 0.399 e. The summed E-state index contributed by atoms with van der Waals surface area (Å²) in [4.78, 5) is 0.160. The molecule has 1 aromatic carbocycles. The normalized spacial score (nSPS) is 11.5. The van der Waals surface area contributed by atoms with Gasteiger partial charge in [-0.3, -0.25) is 0 Å². The molecule has 2 aromatic rings. The number of aryl methyl sites for hydroxylation is 1. The number of nitrogens with two attached hydrogens (primary N) is 1. The maximum absolute atomic E-state index is 12.0. The van der Waals surface area contributed by atoms with Gasteiger partial charge in [-0.2, -0.15) is 11.3 Å². The molecule has 7 heteroatoms. The van der Waals surface area contributed by atoms with Crippen LogP contribution < -0.4 is 15.8 Å². The summed E-state index contributed by atoms with van der Waals surface area (Å²) in [5, 5.41) is 7.26. The predicted molar refractivity (Wildman–Crippen MR) is 83.5 cm³/mol. The zero-order valence-electron chi connectivity index (χ0n) is 11.3. The summed E-state index contributed by atoms with van der Waals surface area (Å²) in [5.41, 5.74) is 8.97. The van der Waals surface area contributed by atoms with Gasteiger partial charge in [0.05, 0.1) is 5.69 Å². The first-order chi connectivity index (χ1) is 9.44. The van der Waals surface area contributed by atoms with Crippen molar-refractivity contribution < 1.29 is 8.42 Å². The number of sulfonamides is 1. The lowest BCUT2D eigenvalue weighted by Crippen LogP contribution is -2.20. The van der Waals surface area contributed by atoms with Crippen LogP contribution in [0, 0.1) is 6.92 Å². The van der Waals surface area contributed by atoms with E-state index in [1.807, 2.05) is 12.3 Å². The molecule has 0 bridgehead atoms. The summed E-state index contributed by atoms with van der Waals surface area (Å²) in [5.74, 6) is 0. The van der Waals surface area contributed by atoms with Crippen LogP contribution in [0.5, 0.6) is 0 Å². The van der Waals surface area contributed by atoms with E-state index < -0.39 is 10.0 Å². The van der Waals surface area contributed by atoms with Crippen LogP contribution in [0.25, 0.3) is 0 Å². The summed E-state index contributed by atoms with van der Waals surface area (Å²) in [6.07, 6.45) is 0. The molecule has 0 aliphatic heterocycles. The number of nitrogens with one attached hydrogen (secondary N) is 2. The van der Waals surface area contributed by atoms with E-state index >= 15 is 0 Å². The highest BCUT2D eigenvalue weighted by molar-refractivity contribution is 7.89. The average molecular weight is 311 g/mol. The Morgan fingerprint density at radius 3 is 2.65 bits per heavy atom. The molecule has 5 nitrogen and oxygen atoms in total. The van der Waals surface area contributed by atoms with E-state index in [2.05, 4.69) is 15.4 Å². The average Bonchev–Trinajstić information content (AvgIpc) is 2.83. The fraction of sp³-hybridized carbons (Fsp3) is 0.231. The lowest BCUT2D eigenvalue weighted by atomic mass is 10.2. The van der Waals surface area contributed by atoms with Crippen molar-refractivity contribution in [3.05, 3.63) is 40.1 Å². The van der Waals surface area contributed by atoms with Gasteiger partial charge in [-0.05, 0) is 54.1 Å². The van der Waals surface area contributed by atoms with Gasteiger partial charge in [-0.1, -0.05) is 0 Å². The molecule has 4 N–H and O–H groups in total. The molecule has 0 unspecified atom stereocenters. The molecule has 0 atom stereocenters. The minimum Gasteiger partial charge on any atom is -0.399 e. The molecule has 0 aliphatic carbocycles. The van der Waals surface area contributed by atoms with E-state index in [0.29, 0.717) is 17.9 Å². The molecule has 108 valence electrons. The van der Waals surface area contributed by atoms with Gasteiger partial charge in [0, 0.05) is 12.2 Å². The van der Waals surface area contributed by atoms with Crippen molar-refractivity contribution in [2.45, 2.75) is 18.4 Å². The van der Waals surface area contributed by atoms with Gasteiger partial charge in [-0.15, -0.1) is 0 Å². The number of benzene rings is 1. The fourth-order valence-electron chi connectivity index (χ4n) is 1.78. The summed E-state index contributed by atoms with van der Waals surface area (Å²) in [7, 11) is -2.16.